The average molecular weight is 351 g/mol. The Kier molecular flexibility index (Phi) is 9.50. The highest BCUT2D eigenvalue weighted by atomic mass is 32.1. The normalized spacial score (nSPS) is 15.4. The first-order valence-electron chi connectivity index (χ1n) is 9.54. The third-order valence-electron chi connectivity index (χ3n) is 4.56. The molecule has 24 heavy (non-hydrogen) atoms. The Morgan fingerprint density at radius 3 is 2.00 bits per heavy atom. The predicted molar refractivity (Wildman–Crippen MR) is 104 cm³/mol. The molecule has 1 heterocycles. The fourth-order valence-corrected chi connectivity index (χ4v) is 4.32. The second-order valence-corrected chi connectivity index (χ2v) is 8.25. The van der Waals surface area contributed by atoms with Gasteiger partial charge in [0, 0.05) is 21.2 Å². The molecule has 0 aromatic carbocycles. The van der Waals surface area contributed by atoms with Gasteiger partial charge in [-0.25, -0.2) is 0 Å². The molecular weight excluding hydrogens is 316 g/mol. The third kappa shape index (κ3) is 6.88. The van der Waals surface area contributed by atoms with E-state index in [4.69, 9.17) is 0 Å². The fourth-order valence-electron chi connectivity index (χ4n) is 3.01. The lowest BCUT2D eigenvalue weighted by Gasteiger charge is -2.11. The Hall–Kier alpha value is -0.960. The zero-order valence-electron chi connectivity index (χ0n) is 16.2. The Balaban J connectivity index is 0.000000218. The largest absolute Gasteiger partial charge is 0.300 e. The first kappa shape index (κ1) is 21.1. The molecule has 3 rings (SSSR count). The summed E-state index contributed by atoms with van der Waals surface area (Å²) in [7, 11) is 0. The Labute approximate surface area is 152 Å². The van der Waals surface area contributed by atoms with E-state index >= 15 is 0 Å². The molecule has 0 aliphatic heterocycles. The van der Waals surface area contributed by atoms with Crippen LogP contribution in [-0.2, 0) is 17.6 Å². The van der Waals surface area contributed by atoms with E-state index in [1.807, 2.05) is 11.3 Å². The monoisotopic (exact) mass is 350 g/mol. The van der Waals surface area contributed by atoms with Gasteiger partial charge in [-0.1, -0.05) is 33.1 Å². The van der Waals surface area contributed by atoms with Gasteiger partial charge in [-0.15, -0.1) is 11.3 Å². The smallest absolute Gasteiger partial charge is 0.161 e. The van der Waals surface area contributed by atoms with Crippen LogP contribution in [0.3, 0.4) is 0 Å². The highest BCUT2D eigenvalue weighted by molar-refractivity contribution is 7.12. The standard InChI is InChI=1S/C11H14OS.C5H8O.C5H12/c1-7(12)11-8(2)13-10-6-4-3-5-9(10)11;1-4(6)5-2-3-5;1-3-5-4-2/h3-6H2,1-2H3;5H,2-3H2,1H3;3-5H2,1-2H3. The van der Waals surface area contributed by atoms with E-state index in [2.05, 4.69) is 20.8 Å². The number of rotatable bonds is 4. The molecule has 1 fully saturated rings. The van der Waals surface area contributed by atoms with Crippen molar-refractivity contribution in [2.45, 2.75) is 92.4 Å². The van der Waals surface area contributed by atoms with Gasteiger partial charge >= 0.3 is 0 Å². The summed E-state index contributed by atoms with van der Waals surface area (Å²) in [4.78, 5) is 24.3. The first-order valence-corrected chi connectivity index (χ1v) is 10.4. The lowest BCUT2D eigenvalue weighted by molar-refractivity contribution is -0.118. The van der Waals surface area contributed by atoms with Gasteiger partial charge in [0.1, 0.15) is 5.78 Å². The molecule has 1 saturated carbocycles. The highest BCUT2D eigenvalue weighted by Crippen LogP contribution is 2.34. The van der Waals surface area contributed by atoms with Crippen molar-refractivity contribution in [1.29, 1.82) is 0 Å². The summed E-state index contributed by atoms with van der Waals surface area (Å²) < 4.78 is 0. The topological polar surface area (TPSA) is 34.1 Å². The molecule has 0 saturated heterocycles. The van der Waals surface area contributed by atoms with E-state index in [1.54, 1.807) is 13.8 Å². The molecule has 0 atom stereocenters. The number of thiophene rings is 1. The summed E-state index contributed by atoms with van der Waals surface area (Å²) in [6.45, 7) is 9.84. The van der Waals surface area contributed by atoms with Crippen LogP contribution in [0.5, 0.6) is 0 Å². The lowest BCUT2D eigenvalue weighted by Crippen LogP contribution is -2.04. The third-order valence-corrected chi connectivity index (χ3v) is 5.77. The molecule has 2 aliphatic carbocycles. The maximum absolute atomic E-state index is 11.4. The van der Waals surface area contributed by atoms with Crippen LogP contribution in [0.2, 0.25) is 0 Å². The van der Waals surface area contributed by atoms with Crippen LogP contribution in [0.15, 0.2) is 0 Å². The SMILES string of the molecule is CC(=O)C1CC1.CC(=O)c1c(C)sc2c1CCCC2.CCCCC. The van der Waals surface area contributed by atoms with Crippen molar-refractivity contribution in [3.05, 3.63) is 20.9 Å². The zero-order chi connectivity index (χ0) is 18.1. The van der Waals surface area contributed by atoms with Crippen LogP contribution in [-0.4, -0.2) is 11.6 Å². The summed E-state index contributed by atoms with van der Waals surface area (Å²) in [5.41, 5.74) is 2.39. The molecule has 0 radical (unpaired) electrons. The molecule has 1 aromatic rings. The maximum Gasteiger partial charge on any atom is 0.161 e. The molecule has 136 valence electrons. The van der Waals surface area contributed by atoms with Crippen LogP contribution in [0.4, 0.5) is 0 Å². The Morgan fingerprint density at radius 2 is 1.62 bits per heavy atom. The molecule has 0 bridgehead atoms. The van der Waals surface area contributed by atoms with Gasteiger partial charge in [0.25, 0.3) is 0 Å². The number of ketones is 2. The van der Waals surface area contributed by atoms with Gasteiger partial charge < -0.3 is 0 Å². The number of carbonyl (C=O) groups is 2. The minimum absolute atomic E-state index is 0.247. The number of fused-ring (bicyclic) bond motifs is 1. The van der Waals surface area contributed by atoms with E-state index in [-0.39, 0.29) is 5.78 Å². The minimum Gasteiger partial charge on any atom is -0.300 e. The first-order chi connectivity index (χ1) is 11.4. The predicted octanol–water partition coefficient (Wildman–Crippen LogP) is 6.32. The maximum atomic E-state index is 11.4. The van der Waals surface area contributed by atoms with E-state index in [0.29, 0.717) is 11.7 Å². The van der Waals surface area contributed by atoms with Crippen molar-refractivity contribution in [3.63, 3.8) is 0 Å². The molecule has 0 amide bonds. The minimum atomic E-state index is 0.247. The number of hydrogen-bond donors (Lipinski definition) is 0. The van der Waals surface area contributed by atoms with Crippen molar-refractivity contribution in [1.82, 2.24) is 0 Å². The summed E-state index contributed by atoms with van der Waals surface area (Å²) >= 11 is 1.82. The summed E-state index contributed by atoms with van der Waals surface area (Å²) in [6, 6.07) is 0. The summed E-state index contributed by atoms with van der Waals surface area (Å²) in [5, 5.41) is 0. The number of hydrogen-bond acceptors (Lipinski definition) is 3. The van der Waals surface area contributed by atoms with E-state index in [1.165, 1.54) is 53.8 Å². The fraction of sp³-hybridized carbons (Fsp3) is 0.714. The molecule has 3 heteroatoms. The zero-order valence-corrected chi connectivity index (χ0v) is 17.0. The van der Waals surface area contributed by atoms with Crippen LogP contribution in [0.1, 0.15) is 98.3 Å². The van der Waals surface area contributed by atoms with E-state index < -0.39 is 0 Å². The lowest BCUT2D eigenvalue weighted by atomic mass is 9.93. The molecular formula is C21H34O2S. The molecule has 0 N–H and O–H groups in total. The van der Waals surface area contributed by atoms with Crippen LogP contribution >= 0.6 is 11.3 Å². The van der Waals surface area contributed by atoms with Crippen molar-refractivity contribution >= 4 is 22.9 Å². The van der Waals surface area contributed by atoms with Gasteiger partial charge in [0.15, 0.2) is 5.78 Å². The molecule has 2 aliphatic rings. The summed E-state index contributed by atoms with van der Waals surface area (Å²) in [6.07, 6.45) is 11.2. The molecule has 2 nitrogen and oxygen atoms in total. The van der Waals surface area contributed by atoms with Gasteiger partial charge in [0.2, 0.25) is 0 Å². The van der Waals surface area contributed by atoms with E-state index in [0.717, 1.165) is 24.8 Å². The number of aryl methyl sites for hydroxylation is 2. The van der Waals surface area contributed by atoms with E-state index in [9.17, 15) is 9.59 Å². The van der Waals surface area contributed by atoms with Gasteiger partial charge in [-0.05, 0) is 64.9 Å². The molecule has 0 spiro atoms. The van der Waals surface area contributed by atoms with Gasteiger partial charge in [-0.3, -0.25) is 9.59 Å². The summed E-state index contributed by atoms with van der Waals surface area (Å²) in [5.74, 6) is 1.08. The quantitative estimate of drug-likeness (QED) is 0.595. The number of carbonyl (C=O) groups excluding carboxylic acids is 2. The average Bonchev–Trinajstić information content (AvgIpc) is 3.31. The number of unbranched alkanes of at least 4 members (excludes halogenated alkanes) is 2. The van der Waals surface area contributed by atoms with Gasteiger partial charge in [-0.2, -0.15) is 0 Å². The number of Topliss-reactive ketones (excluding diaryl/α,β-unsaturated/α-hetero) is 2. The molecule has 0 unspecified atom stereocenters. The van der Waals surface area contributed by atoms with Crippen LogP contribution in [0, 0.1) is 12.8 Å². The molecule has 1 aromatic heterocycles. The van der Waals surface area contributed by atoms with Crippen LogP contribution in [0.25, 0.3) is 0 Å². The van der Waals surface area contributed by atoms with Crippen LogP contribution < -0.4 is 0 Å². The van der Waals surface area contributed by atoms with Crippen molar-refractivity contribution < 1.29 is 9.59 Å². The van der Waals surface area contributed by atoms with Crippen molar-refractivity contribution in [2.24, 2.45) is 5.92 Å². The Bertz CT molecular complexity index is 536. The van der Waals surface area contributed by atoms with Gasteiger partial charge in [0.05, 0.1) is 0 Å². The second-order valence-electron chi connectivity index (χ2n) is 6.94. The second kappa shape index (κ2) is 10.8. The van der Waals surface area contributed by atoms with Crippen molar-refractivity contribution in [3.8, 4) is 0 Å². The van der Waals surface area contributed by atoms with Crippen molar-refractivity contribution in [2.75, 3.05) is 0 Å². The Morgan fingerprint density at radius 1 is 1.04 bits per heavy atom. The highest BCUT2D eigenvalue weighted by Gasteiger charge is 2.25.